The summed E-state index contributed by atoms with van der Waals surface area (Å²) >= 11 is 0. The van der Waals surface area contributed by atoms with Gasteiger partial charge in [0.25, 0.3) is 5.56 Å². The predicted octanol–water partition coefficient (Wildman–Crippen LogP) is 1.34. The van der Waals surface area contributed by atoms with Crippen molar-refractivity contribution in [1.82, 2.24) is 34.4 Å². The number of likely N-dealkylation sites (tertiary alicyclic amines) is 1. The number of fused-ring (bicyclic) bond motifs is 1. The Morgan fingerprint density at radius 1 is 1.17 bits per heavy atom. The quantitative estimate of drug-likeness (QED) is 0.711. The summed E-state index contributed by atoms with van der Waals surface area (Å²) in [6.07, 6.45) is 8.66. The molecule has 3 aromatic heterocycles. The van der Waals surface area contributed by atoms with Gasteiger partial charge in [-0.25, -0.2) is 9.50 Å². The molecule has 0 aromatic carbocycles. The largest absolute Gasteiger partial charge is 0.381 e. The molecule has 5 rings (SSSR count). The van der Waals surface area contributed by atoms with E-state index in [0.29, 0.717) is 11.4 Å². The van der Waals surface area contributed by atoms with E-state index in [1.165, 1.54) is 0 Å². The number of nitrogens with one attached hydrogen (secondary N) is 1. The van der Waals surface area contributed by atoms with Crippen LogP contribution in [0.3, 0.4) is 0 Å². The Morgan fingerprint density at radius 2 is 2.03 bits per heavy atom. The van der Waals surface area contributed by atoms with Crippen LogP contribution < -0.4 is 5.56 Å². The van der Waals surface area contributed by atoms with E-state index in [4.69, 9.17) is 9.84 Å². The van der Waals surface area contributed by atoms with Crippen LogP contribution in [0.25, 0.3) is 5.52 Å². The first-order chi connectivity index (χ1) is 14.2. The fraction of sp³-hybridized carbons (Fsp3) is 0.550. The molecule has 5 heterocycles. The molecule has 0 bridgehead atoms. The Labute approximate surface area is 168 Å². The van der Waals surface area contributed by atoms with Crippen molar-refractivity contribution in [2.45, 2.75) is 38.1 Å². The third kappa shape index (κ3) is 3.56. The van der Waals surface area contributed by atoms with Gasteiger partial charge in [-0.2, -0.15) is 5.10 Å². The summed E-state index contributed by atoms with van der Waals surface area (Å²) in [4.78, 5) is 31.1. The molecule has 2 fully saturated rings. The number of hydrogen-bond acceptors (Lipinski definition) is 7. The van der Waals surface area contributed by atoms with Crippen LogP contribution in [-0.4, -0.2) is 60.8 Å². The zero-order chi connectivity index (χ0) is 19.8. The smallest absolute Gasteiger partial charge is 0.276 e. The summed E-state index contributed by atoms with van der Waals surface area (Å²) < 4.78 is 7.24. The van der Waals surface area contributed by atoms with Crippen molar-refractivity contribution < 1.29 is 4.74 Å². The highest BCUT2D eigenvalue weighted by molar-refractivity contribution is 5.42. The van der Waals surface area contributed by atoms with Gasteiger partial charge < -0.3 is 9.72 Å². The van der Waals surface area contributed by atoms with E-state index >= 15 is 0 Å². The molecule has 0 saturated carbocycles. The van der Waals surface area contributed by atoms with Crippen LogP contribution >= 0.6 is 0 Å². The van der Waals surface area contributed by atoms with Crippen molar-refractivity contribution in [3.05, 3.63) is 52.5 Å². The van der Waals surface area contributed by atoms with Crippen molar-refractivity contribution in [3.63, 3.8) is 0 Å². The molecule has 2 aliphatic heterocycles. The van der Waals surface area contributed by atoms with Crippen LogP contribution in [0.1, 0.15) is 48.9 Å². The molecule has 1 N–H and O–H groups in total. The molecule has 2 atom stereocenters. The van der Waals surface area contributed by atoms with Gasteiger partial charge in [0.1, 0.15) is 11.6 Å². The molecule has 2 unspecified atom stereocenters. The van der Waals surface area contributed by atoms with E-state index in [2.05, 4.69) is 31.8 Å². The number of nitrogens with zero attached hydrogens (tertiary/aromatic N) is 6. The minimum Gasteiger partial charge on any atom is -0.381 e. The minimum absolute atomic E-state index is 0.125. The number of hydrogen-bond donors (Lipinski definition) is 1. The molecule has 0 radical (unpaired) electrons. The van der Waals surface area contributed by atoms with Crippen LogP contribution in [0.4, 0.5) is 0 Å². The number of imidazole rings is 1. The zero-order valence-electron chi connectivity index (χ0n) is 16.5. The van der Waals surface area contributed by atoms with Gasteiger partial charge in [0.05, 0.1) is 11.9 Å². The maximum atomic E-state index is 12.7. The fourth-order valence-corrected chi connectivity index (χ4v) is 4.53. The number of H-pyrrole nitrogens is 1. The van der Waals surface area contributed by atoms with Gasteiger partial charge in [-0.1, -0.05) is 6.92 Å². The second-order valence-corrected chi connectivity index (χ2v) is 8.11. The summed E-state index contributed by atoms with van der Waals surface area (Å²) in [5, 5.41) is 4.85. The summed E-state index contributed by atoms with van der Waals surface area (Å²) in [6, 6.07) is 0. The number of aromatic nitrogens is 6. The maximum Gasteiger partial charge on any atom is 0.276 e. The van der Waals surface area contributed by atoms with Gasteiger partial charge in [0.2, 0.25) is 0 Å². The van der Waals surface area contributed by atoms with Gasteiger partial charge in [-0.05, 0) is 18.8 Å². The lowest BCUT2D eigenvalue weighted by Gasteiger charge is -2.21. The molecule has 152 valence electrons. The van der Waals surface area contributed by atoms with E-state index < -0.39 is 0 Å². The minimum atomic E-state index is -0.125. The molecular weight excluding hydrogens is 370 g/mol. The summed E-state index contributed by atoms with van der Waals surface area (Å²) in [5.41, 5.74) is 1.34. The van der Waals surface area contributed by atoms with E-state index in [1.54, 1.807) is 29.3 Å². The summed E-state index contributed by atoms with van der Waals surface area (Å²) in [7, 11) is 0. The van der Waals surface area contributed by atoms with Crippen LogP contribution in [0.5, 0.6) is 0 Å². The lowest BCUT2D eigenvalue weighted by Crippen LogP contribution is -2.24. The SMILES string of the molecule is CC1CN(Cc2cnccn2)CC1c1nn2c(C3CCOCC3)ncc2c(=O)[nH]1. The van der Waals surface area contributed by atoms with Crippen molar-refractivity contribution in [1.29, 1.82) is 0 Å². The predicted molar refractivity (Wildman–Crippen MR) is 106 cm³/mol. The first kappa shape index (κ1) is 18.4. The normalized spacial score (nSPS) is 23.8. The molecule has 9 heteroatoms. The fourth-order valence-electron chi connectivity index (χ4n) is 4.53. The van der Waals surface area contributed by atoms with Gasteiger partial charge in [0.15, 0.2) is 5.52 Å². The Kier molecular flexibility index (Phi) is 4.84. The second kappa shape index (κ2) is 7.64. The van der Waals surface area contributed by atoms with Crippen molar-refractivity contribution in [2.75, 3.05) is 26.3 Å². The highest BCUT2D eigenvalue weighted by Gasteiger charge is 2.33. The van der Waals surface area contributed by atoms with E-state index in [-0.39, 0.29) is 17.4 Å². The molecule has 29 heavy (non-hydrogen) atoms. The average molecular weight is 395 g/mol. The number of aromatic amines is 1. The Bertz CT molecular complexity index is 1040. The van der Waals surface area contributed by atoms with E-state index in [0.717, 1.165) is 63.0 Å². The molecule has 3 aromatic rings. The highest BCUT2D eigenvalue weighted by Crippen LogP contribution is 2.31. The topological polar surface area (TPSA) is 101 Å². The number of rotatable bonds is 4. The molecule has 9 nitrogen and oxygen atoms in total. The molecule has 0 aliphatic carbocycles. The van der Waals surface area contributed by atoms with Gasteiger partial charge in [-0.15, -0.1) is 0 Å². The molecule has 2 aliphatic rings. The zero-order valence-corrected chi connectivity index (χ0v) is 16.5. The Morgan fingerprint density at radius 3 is 2.83 bits per heavy atom. The summed E-state index contributed by atoms with van der Waals surface area (Å²) in [6.45, 7) is 6.17. The van der Waals surface area contributed by atoms with Gasteiger partial charge >= 0.3 is 0 Å². The van der Waals surface area contributed by atoms with Crippen molar-refractivity contribution in [3.8, 4) is 0 Å². The monoisotopic (exact) mass is 395 g/mol. The van der Waals surface area contributed by atoms with E-state index in [1.807, 2.05) is 0 Å². The van der Waals surface area contributed by atoms with Crippen molar-refractivity contribution >= 4 is 5.52 Å². The van der Waals surface area contributed by atoms with Crippen LogP contribution in [0, 0.1) is 5.92 Å². The maximum absolute atomic E-state index is 12.7. The van der Waals surface area contributed by atoms with Crippen LogP contribution in [0.15, 0.2) is 29.6 Å². The standard InChI is InChI=1S/C20H25N7O2/c1-13-10-26(11-15-8-21-4-5-22-15)12-16(13)18-24-20(28)17-9-23-19(27(17)25-18)14-2-6-29-7-3-14/h4-5,8-9,13-14,16H,2-3,6-7,10-12H2,1H3,(H,24,25,28). The lowest BCUT2D eigenvalue weighted by atomic mass is 9.97. The molecule has 2 saturated heterocycles. The third-order valence-corrected chi connectivity index (χ3v) is 6.07. The summed E-state index contributed by atoms with van der Waals surface area (Å²) in [5.74, 6) is 2.43. The highest BCUT2D eigenvalue weighted by atomic mass is 16.5. The second-order valence-electron chi connectivity index (χ2n) is 8.11. The first-order valence-electron chi connectivity index (χ1n) is 10.2. The molecular formula is C20H25N7O2. The number of ether oxygens (including phenoxy) is 1. The first-order valence-corrected chi connectivity index (χ1v) is 10.2. The molecule has 0 spiro atoms. The van der Waals surface area contributed by atoms with Crippen molar-refractivity contribution in [2.24, 2.45) is 5.92 Å². The Balaban J connectivity index is 1.43. The van der Waals surface area contributed by atoms with Gasteiger partial charge in [-0.3, -0.25) is 19.7 Å². The Hall–Kier alpha value is -2.65. The van der Waals surface area contributed by atoms with Crippen LogP contribution in [0.2, 0.25) is 0 Å². The lowest BCUT2D eigenvalue weighted by molar-refractivity contribution is 0.0832. The third-order valence-electron chi connectivity index (χ3n) is 6.07. The average Bonchev–Trinajstić information content (AvgIpc) is 3.33. The van der Waals surface area contributed by atoms with Crippen LogP contribution in [-0.2, 0) is 11.3 Å². The molecule has 0 amide bonds. The van der Waals surface area contributed by atoms with Gasteiger partial charge in [0, 0.05) is 63.3 Å². The van der Waals surface area contributed by atoms with E-state index in [9.17, 15) is 4.79 Å².